The lowest BCUT2D eigenvalue weighted by Crippen LogP contribution is -2.16. The van der Waals surface area contributed by atoms with Crippen LogP contribution in [0.1, 0.15) is 57.2 Å². The molecule has 1 heterocycles. The lowest BCUT2D eigenvalue weighted by Gasteiger charge is -2.20. The Morgan fingerprint density at radius 1 is 1.39 bits per heavy atom. The molecule has 100 valence electrons. The maximum Gasteiger partial charge on any atom is 0.160 e. The molecule has 0 aromatic carbocycles. The van der Waals surface area contributed by atoms with Gasteiger partial charge in [0.1, 0.15) is 11.9 Å². The summed E-state index contributed by atoms with van der Waals surface area (Å²) in [7, 11) is 1.90. The first-order valence-corrected chi connectivity index (χ1v) is 6.84. The van der Waals surface area contributed by atoms with Crippen LogP contribution in [-0.2, 0) is 4.74 Å². The van der Waals surface area contributed by atoms with Gasteiger partial charge in [0.2, 0.25) is 0 Å². The van der Waals surface area contributed by atoms with Crippen LogP contribution in [0, 0.1) is 5.92 Å². The molecule has 1 aromatic rings. The van der Waals surface area contributed by atoms with E-state index in [0.717, 1.165) is 17.3 Å². The van der Waals surface area contributed by atoms with E-state index in [1.165, 1.54) is 12.8 Å². The average Bonchev–Trinajstić information content (AvgIpc) is 3.19. The molecule has 0 radical (unpaired) electrons. The van der Waals surface area contributed by atoms with Crippen LogP contribution in [0.2, 0.25) is 0 Å². The lowest BCUT2D eigenvalue weighted by molar-refractivity contribution is 0.0231. The van der Waals surface area contributed by atoms with E-state index in [4.69, 9.17) is 9.72 Å². The van der Waals surface area contributed by atoms with E-state index in [1.54, 1.807) is 0 Å². The maximum atomic E-state index is 5.79. The zero-order valence-corrected chi connectivity index (χ0v) is 11.7. The fourth-order valence-electron chi connectivity index (χ4n) is 2.07. The van der Waals surface area contributed by atoms with Crippen LogP contribution in [0.5, 0.6) is 0 Å². The van der Waals surface area contributed by atoms with Crippen LogP contribution in [0.4, 0.5) is 5.82 Å². The van der Waals surface area contributed by atoms with E-state index >= 15 is 0 Å². The Hall–Kier alpha value is -1.16. The van der Waals surface area contributed by atoms with Crippen molar-refractivity contribution in [2.45, 2.75) is 45.6 Å². The van der Waals surface area contributed by atoms with Crippen molar-refractivity contribution >= 4 is 5.82 Å². The van der Waals surface area contributed by atoms with Crippen molar-refractivity contribution in [2.24, 2.45) is 5.92 Å². The highest BCUT2D eigenvalue weighted by molar-refractivity contribution is 5.37. The lowest BCUT2D eigenvalue weighted by atomic mass is 10.1. The summed E-state index contributed by atoms with van der Waals surface area (Å²) >= 11 is 0. The first-order valence-electron chi connectivity index (χ1n) is 6.84. The van der Waals surface area contributed by atoms with Gasteiger partial charge in [0.05, 0.1) is 0 Å². The van der Waals surface area contributed by atoms with E-state index < -0.39 is 0 Å². The number of aromatic nitrogens is 2. The van der Waals surface area contributed by atoms with Gasteiger partial charge in [-0.15, -0.1) is 0 Å². The van der Waals surface area contributed by atoms with Crippen molar-refractivity contribution < 1.29 is 4.74 Å². The van der Waals surface area contributed by atoms with Crippen molar-refractivity contribution in [3.8, 4) is 0 Å². The largest absolute Gasteiger partial charge is 0.373 e. The molecule has 0 amide bonds. The average molecular weight is 249 g/mol. The summed E-state index contributed by atoms with van der Waals surface area (Å²) < 4.78 is 5.79. The second kappa shape index (κ2) is 5.65. The predicted molar refractivity (Wildman–Crippen MR) is 72.8 cm³/mol. The smallest absolute Gasteiger partial charge is 0.160 e. The molecular weight excluding hydrogens is 226 g/mol. The third-order valence-corrected chi connectivity index (χ3v) is 3.22. The highest BCUT2D eigenvalue weighted by Crippen LogP contribution is 2.40. The number of ether oxygens (including phenoxy) is 1. The molecule has 0 spiro atoms. The van der Waals surface area contributed by atoms with Gasteiger partial charge in [0, 0.05) is 31.3 Å². The summed E-state index contributed by atoms with van der Waals surface area (Å²) in [5.41, 5.74) is 1.16. The van der Waals surface area contributed by atoms with Crippen molar-refractivity contribution in [1.82, 2.24) is 9.97 Å². The molecule has 1 aliphatic carbocycles. The second-order valence-electron chi connectivity index (χ2n) is 5.18. The molecule has 1 N–H and O–H groups in total. The molecule has 0 bridgehead atoms. The zero-order valence-electron chi connectivity index (χ0n) is 11.7. The predicted octanol–water partition coefficient (Wildman–Crippen LogP) is 3.13. The maximum absolute atomic E-state index is 5.79. The summed E-state index contributed by atoms with van der Waals surface area (Å²) in [6, 6.07) is 2.06. The molecule has 4 nitrogen and oxygen atoms in total. The molecule has 18 heavy (non-hydrogen) atoms. The Bertz CT molecular complexity index is 402. The Kier molecular flexibility index (Phi) is 4.17. The van der Waals surface area contributed by atoms with Gasteiger partial charge in [-0.25, -0.2) is 9.97 Å². The van der Waals surface area contributed by atoms with Gasteiger partial charge in [0.25, 0.3) is 0 Å². The van der Waals surface area contributed by atoms with Gasteiger partial charge in [-0.1, -0.05) is 13.8 Å². The first kappa shape index (κ1) is 13.3. The standard InChI is InChI=1S/C14H23N3O/c1-5-18-13(9(2)3)14-16-11(10-6-7-10)8-12(15-4)17-14/h8-10,13H,5-7H2,1-4H3,(H,15,16,17). The number of anilines is 1. The van der Waals surface area contributed by atoms with Crippen molar-refractivity contribution in [1.29, 1.82) is 0 Å². The van der Waals surface area contributed by atoms with E-state index in [1.807, 2.05) is 14.0 Å². The molecular formula is C14H23N3O. The normalized spacial score (nSPS) is 16.9. The van der Waals surface area contributed by atoms with Crippen molar-refractivity contribution in [3.05, 3.63) is 17.6 Å². The Morgan fingerprint density at radius 2 is 2.11 bits per heavy atom. The summed E-state index contributed by atoms with van der Waals surface area (Å²) in [5, 5.41) is 3.12. The van der Waals surface area contributed by atoms with E-state index in [-0.39, 0.29) is 6.10 Å². The van der Waals surface area contributed by atoms with Gasteiger partial charge in [0.15, 0.2) is 5.82 Å². The van der Waals surface area contributed by atoms with Crippen LogP contribution >= 0.6 is 0 Å². The molecule has 1 atom stereocenters. The van der Waals surface area contributed by atoms with Gasteiger partial charge in [-0.05, 0) is 25.7 Å². The summed E-state index contributed by atoms with van der Waals surface area (Å²) in [6.07, 6.45) is 2.49. The van der Waals surface area contributed by atoms with Gasteiger partial charge < -0.3 is 10.1 Å². The third-order valence-electron chi connectivity index (χ3n) is 3.22. The molecule has 0 aliphatic heterocycles. The molecule has 1 aromatic heterocycles. The van der Waals surface area contributed by atoms with Gasteiger partial charge in [-0.2, -0.15) is 0 Å². The Labute approximate surface area is 109 Å². The molecule has 1 aliphatic rings. The fourth-order valence-corrected chi connectivity index (χ4v) is 2.07. The van der Waals surface area contributed by atoms with Crippen LogP contribution < -0.4 is 5.32 Å². The van der Waals surface area contributed by atoms with Crippen molar-refractivity contribution in [2.75, 3.05) is 19.0 Å². The molecule has 2 rings (SSSR count). The Morgan fingerprint density at radius 3 is 2.61 bits per heavy atom. The minimum atomic E-state index is -0.0131. The number of hydrogen-bond acceptors (Lipinski definition) is 4. The SMILES string of the molecule is CCOC(c1nc(NC)cc(C2CC2)n1)C(C)C. The highest BCUT2D eigenvalue weighted by atomic mass is 16.5. The fraction of sp³-hybridized carbons (Fsp3) is 0.714. The van der Waals surface area contributed by atoms with Crippen molar-refractivity contribution in [3.63, 3.8) is 0 Å². The molecule has 4 heteroatoms. The quantitative estimate of drug-likeness (QED) is 0.841. The minimum absolute atomic E-state index is 0.0131. The number of nitrogens with one attached hydrogen (secondary N) is 1. The minimum Gasteiger partial charge on any atom is -0.373 e. The van der Waals surface area contributed by atoms with E-state index in [9.17, 15) is 0 Å². The second-order valence-corrected chi connectivity index (χ2v) is 5.18. The number of nitrogens with zero attached hydrogens (tertiary/aromatic N) is 2. The third kappa shape index (κ3) is 2.99. The summed E-state index contributed by atoms with van der Waals surface area (Å²) in [4.78, 5) is 9.26. The van der Waals surface area contributed by atoms with E-state index in [2.05, 4.69) is 30.2 Å². The monoisotopic (exact) mass is 249 g/mol. The molecule has 1 fully saturated rings. The van der Waals surface area contributed by atoms with Gasteiger partial charge in [-0.3, -0.25) is 0 Å². The first-order chi connectivity index (χ1) is 8.65. The molecule has 1 unspecified atom stereocenters. The molecule has 0 saturated heterocycles. The van der Waals surface area contributed by atoms with E-state index in [0.29, 0.717) is 18.4 Å². The van der Waals surface area contributed by atoms with Crippen LogP contribution in [0.3, 0.4) is 0 Å². The van der Waals surface area contributed by atoms with Crippen LogP contribution in [0.25, 0.3) is 0 Å². The summed E-state index contributed by atoms with van der Waals surface area (Å²) in [5.74, 6) is 2.73. The van der Waals surface area contributed by atoms with Crippen LogP contribution in [0.15, 0.2) is 6.07 Å². The highest BCUT2D eigenvalue weighted by Gasteiger charge is 2.28. The molecule has 1 saturated carbocycles. The zero-order chi connectivity index (χ0) is 13.1. The summed E-state index contributed by atoms with van der Waals surface area (Å²) in [6.45, 7) is 6.99. The van der Waals surface area contributed by atoms with Gasteiger partial charge >= 0.3 is 0 Å². The number of hydrogen-bond donors (Lipinski definition) is 1. The Balaban J connectivity index is 2.31. The number of rotatable bonds is 6. The van der Waals surface area contributed by atoms with Crippen LogP contribution in [-0.4, -0.2) is 23.6 Å². The topological polar surface area (TPSA) is 47.0 Å².